The minimum atomic E-state index is 0.101. The predicted molar refractivity (Wildman–Crippen MR) is 105 cm³/mol. The van der Waals surface area contributed by atoms with E-state index < -0.39 is 0 Å². The first-order valence-corrected chi connectivity index (χ1v) is 9.51. The van der Waals surface area contributed by atoms with Crippen LogP contribution in [0.4, 0.5) is 11.5 Å². The second-order valence-electron chi connectivity index (χ2n) is 6.72. The van der Waals surface area contributed by atoms with Gasteiger partial charge in [-0.25, -0.2) is 9.97 Å². The summed E-state index contributed by atoms with van der Waals surface area (Å²) in [5.41, 5.74) is 2.56. The molecule has 0 saturated carbocycles. The summed E-state index contributed by atoms with van der Waals surface area (Å²) in [6, 6.07) is 10.0. The largest absolute Gasteiger partial charge is 0.339 e. The number of thiophene rings is 1. The van der Waals surface area contributed by atoms with Crippen molar-refractivity contribution < 1.29 is 4.79 Å². The van der Waals surface area contributed by atoms with Crippen LogP contribution in [0.5, 0.6) is 0 Å². The fourth-order valence-corrected chi connectivity index (χ4v) is 4.03. The SMILES string of the molecule is CN(C)C1CCN(C(=O)c2ccc(Nc3ncnc4ccsc34)cc2)C1. The molecule has 1 atom stereocenters. The van der Waals surface area contributed by atoms with Crippen molar-refractivity contribution in [3.63, 3.8) is 0 Å². The highest BCUT2D eigenvalue weighted by Crippen LogP contribution is 2.27. The maximum absolute atomic E-state index is 12.7. The molecule has 3 heterocycles. The lowest BCUT2D eigenvalue weighted by Gasteiger charge is -2.20. The van der Waals surface area contributed by atoms with Crippen LogP contribution in [0.1, 0.15) is 16.8 Å². The third kappa shape index (κ3) is 3.27. The molecule has 1 aliphatic heterocycles. The highest BCUT2D eigenvalue weighted by molar-refractivity contribution is 7.17. The Bertz CT molecular complexity index is 921. The van der Waals surface area contributed by atoms with E-state index in [4.69, 9.17) is 0 Å². The van der Waals surface area contributed by atoms with Gasteiger partial charge in [0.25, 0.3) is 5.91 Å². The van der Waals surface area contributed by atoms with E-state index in [2.05, 4.69) is 34.3 Å². The molecule has 1 aromatic carbocycles. The van der Waals surface area contributed by atoms with Gasteiger partial charge in [0, 0.05) is 30.4 Å². The van der Waals surface area contributed by atoms with Crippen LogP contribution in [0.3, 0.4) is 0 Å². The Morgan fingerprint density at radius 2 is 2.04 bits per heavy atom. The summed E-state index contributed by atoms with van der Waals surface area (Å²) in [7, 11) is 4.13. The van der Waals surface area contributed by atoms with E-state index in [1.165, 1.54) is 0 Å². The molecule has 1 saturated heterocycles. The fourth-order valence-electron chi connectivity index (χ4n) is 3.24. The van der Waals surface area contributed by atoms with Crippen molar-refractivity contribution in [2.45, 2.75) is 12.5 Å². The zero-order chi connectivity index (χ0) is 18.1. The molecule has 0 radical (unpaired) electrons. The molecule has 1 aliphatic rings. The average molecular weight is 367 g/mol. The third-order valence-electron chi connectivity index (χ3n) is 4.82. The minimum absolute atomic E-state index is 0.101. The Labute approximate surface area is 156 Å². The van der Waals surface area contributed by atoms with Gasteiger partial charge in [0.1, 0.15) is 6.33 Å². The molecule has 0 aliphatic carbocycles. The maximum atomic E-state index is 12.7. The molecular formula is C19H21N5OS. The van der Waals surface area contributed by atoms with Crippen LogP contribution in [0.25, 0.3) is 10.2 Å². The Morgan fingerprint density at radius 1 is 1.23 bits per heavy atom. The molecule has 1 unspecified atom stereocenters. The van der Waals surface area contributed by atoms with E-state index in [0.29, 0.717) is 6.04 Å². The molecule has 134 valence electrons. The number of anilines is 2. The van der Waals surface area contributed by atoms with E-state index in [1.807, 2.05) is 40.6 Å². The van der Waals surface area contributed by atoms with Crippen LogP contribution < -0.4 is 5.32 Å². The fraction of sp³-hybridized carbons (Fsp3) is 0.316. The number of carbonyl (C=O) groups is 1. The monoisotopic (exact) mass is 367 g/mol. The molecule has 1 fully saturated rings. The maximum Gasteiger partial charge on any atom is 0.253 e. The number of carbonyl (C=O) groups excluding carboxylic acids is 1. The highest BCUT2D eigenvalue weighted by atomic mass is 32.1. The standard InChI is InChI=1S/C19H21N5OS/c1-23(2)15-7-9-24(11-15)19(25)13-3-5-14(6-4-13)22-18-17-16(8-10-26-17)20-12-21-18/h3-6,8,10,12,15H,7,9,11H2,1-2H3,(H,20,21,22). The number of rotatable bonds is 4. The number of likely N-dealkylation sites (tertiary alicyclic amines) is 1. The number of nitrogens with zero attached hydrogens (tertiary/aromatic N) is 4. The Hall–Kier alpha value is -2.51. The van der Waals surface area contributed by atoms with Crippen molar-refractivity contribution in [1.82, 2.24) is 19.8 Å². The van der Waals surface area contributed by atoms with E-state index in [-0.39, 0.29) is 5.91 Å². The van der Waals surface area contributed by atoms with Crippen LogP contribution in [0.15, 0.2) is 42.0 Å². The van der Waals surface area contributed by atoms with Crippen molar-refractivity contribution in [2.75, 3.05) is 32.5 Å². The van der Waals surface area contributed by atoms with Crippen LogP contribution in [-0.4, -0.2) is 58.9 Å². The van der Waals surface area contributed by atoms with Crippen LogP contribution >= 0.6 is 11.3 Å². The molecule has 4 rings (SSSR count). The quantitative estimate of drug-likeness (QED) is 0.767. The van der Waals surface area contributed by atoms with Gasteiger partial charge in [-0.3, -0.25) is 4.79 Å². The molecule has 7 heteroatoms. The molecule has 1 N–H and O–H groups in total. The zero-order valence-corrected chi connectivity index (χ0v) is 15.7. The number of benzene rings is 1. The third-order valence-corrected chi connectivity index (χ3v) is 5.73. The van der Waals surface area contributed by atoms with E-state index in [0.717, 1.165) is 46.8 Å². The van der Waals surface area contributed by atoms with Gasteiger partial charge in [0.2, 0.25) is 0 Å². The van der Waals surface area contributed by atoms with Crippen molar-refractivity contribution in [2.24, 2.45) is 0 Å². The Balaban J connectivity index is 1.47. The number of hydrogen-bond donors (Lipinski definition) is 1. The number of hydrogen-bond acceptors (Lipinski definition) is 6. The first kappa shape index (κ1) is 16.9. The van der Waals surface area contributed by atoms with Crippen LogP contribution in [0.2, 0.25) is 0 Å². The lowest BCUT2D eigenvalue weighted by Crippen LogP contribution is -2.34. The molecule has 3 aromatic rings. The van der Waals surface area contributed by atoms with Crippen molar-refractivity contribution in [1.29, 1.82) is 0 Å². The summed E-state index contributed by atoms with van der Waals surface area (Å²) in [4.78, 5) is 25.4. The van der Waals surface area contributed by atoms with Gasteiger partial charge in [0.15, 0.2) is 5.82 Å². The first-order valence-electron chi connectivity index (χ1n) is 8.63. The predicted octanol–water partition coefficient (Wildman–Crippen LogP) is 3.21. The topological polar surface area (TPSA) is 61.4 Å². The van der Waals surface area contributed by atoms with Gasteiger partial charge in [-0.2, -0.15) is 0 Å². The van der Waals surface area contributed by atoms with Crippen LogP contribution in [-0.2, 0) is 0 Å². The molecule has 0 spiro atoms. The van der Waals surface area contributed by atoms with Gasteiger partial charge < -0.3 is 15.1 Å². The summed E-state index contributed by atoms with van der Waals surface area (Å²) in [5, 5.41) is 5.32. The summed E-state index contributed by atoms with van der Waals surface area (Å²) in [6.07, 6.45) is 2.59. The Kier molecular flexibility index (Phi) is 4.57. The number of amides is 1. The normalized spacial score (nSPS) is 17.2. The number of likely N-dealkylation sites (N-methyl/N-ethyl adjacent to an activating group) is 1. The first-order chi connectivity index (χ1) is 12.6. The van der Waals surface area contributed by atoms with Gasteiger partial charge in [0.05, 0.1) is 10.2 Å². The second kappa shape index (κ2) is 7.01. The lowest BCUT2D eigenvalue weighted by atomic mass is 10.2. The highest BCUT2D eigenvalue weighted by Gasteiger charge is 2.27. The molecule has 0 bridgehead atoms. The van der Waals surface area contributed by atoms with Gasteiger partial charge >= 0.3 is 0 Å². The van der Waals surface area contributed by atoms with Crippen molar-refractivity contribution >= 4 is 39.0 Å². The van der Waals surface area contributed by atoms with E-state index >= 15 is 0 Å². The van der Waals surface area contributed by atoms with E-state index in [1.54, 1.807) is 17.7 Å². The van der Waals surface area contributed by atoms with Gasteiger partial charge in [-0.15, -0.1) is 11.3 Å². The number of fused-ring (bicyclic) bond motifs is 1. The smallest absolute Gasteiger partial charge is 0.253 e. The molecule has 6 nitrogen and oxygen atoms in total. The zero-order valence-electron chi connectivity index (χ0n) is 14.8. The number of aromatic nitrogens is 2. The lowest BCUT2D eigenvalue weighted by molar-refractivity contribution is 0.0783. The van der Waals surface area contributed by atoms with Crippen molar-refractivity contribution in [3.8, 4) is 0 Å². The minimum Gasteiger partial charge on any atom is -0.339 e. The molecule has 2 aromatic heterocycles. The Morgan fingerprint density at radius 3 is 2.77 bits per heavy atom. The summed E-state index contributed by atoms with van der Waals surface area (Å²) < 4.78 is 1.03. The average Bonchev–Trinajstić information content (AvgIpc) is 3.32. The summed E-state index contributed by atoms with van der Waals surface area (Å²) in [6.45, 7) is 1.61. The van der Waals surface area contributed by atoms with Crippen molar-refractivity contribution in [3.05, 3.63) is 47.6 Å². The molecule has 1 amide bonds. The van der Waals surface area contributed by atoms with Crippen LogP contribution in [0, 0.1) is 0 Å². The summed E-state index contributed by atoms with van der Waals surface area (Å²) in [5.74, 6) is 0.890. The summed E-state index contributed by atoms with van der Waals surface area (Å²) >= 11 is 1.61. The molecule has 26 heavy (non-hydrogen) atoms. The van der Waals surface area contributed by atoms with E-state index in [9.17, 15) is 4.79 Å². The second-order valence-corrected chi connectivity index (χ2v) is 7.63. The van der Waals surface area contributed by atoms with Gasteiger partial charge in [-0.05, 0) is 56.2 Å². The van der Waals surface area contributed by atoms with Gasteiger partial charge in [-0.1, -0.05) is 0 Å². The number of nitrogens with one attached hydrogen (secondary N) is 1. The molecular weight excluding hydrogens is 346 g/mol.